The highest BCUT2D eigenvalue weighted by Crippen LogP contribution is 2.17. The maximum atomic E-state index is 5.71. The molecule has 0 atom stereocenters. The number of benzene rings is 1. The Kier molecular flexibility index (Phi) is 5.53. The maximum absolute atomic E-state index is 5.71. The summed E-state index contributed by atoms with van der Waals surface area (Å²) in [6, 6.07) is 9.08. The van der Waals surface area contributed by atoms with Gasteiger partial charge in [-0.3, -0.25) is 0 Å². The molecule has 1 N–H and O–H groups in total. The molecule has 0 saturated heterocycles. The van der Waals surface area contributed by atoms with Crippen molar-refractivity contribution in [3.05, 3.63) is 29.8 Å². The number of rotatable bonds is 7. The summed E-state index contributed by atoms with van der Waals surface area (Å²) < 4.78 is 5.71. The number of aryl methyl sites for hydroxylation is 1. The second kappa shape index (κ2) is 7.42. The zero-order valence-electron chi connectivity index (χ0n) is 11.5. The minimum Gasteiger partial charge on any atom is -0.494 e. The van der Waals surface area contributed by atoms with Gasteiger partial charge in [-0.2, -0.15) is 0 Å². The van der Waals surface area contributed by atoms with Crippen molar-refractivity contribution < 1.29 is 4.74 Å². The van der Waals surface area contributed by atoms with Crippen molar-refractivity contribution in [3.63, 3.8) is 0 Å². The monoisotopic (exact) mass is 247 g/mol. The number of unbranched alkanes of at least 4 members (excludes halogenated alkanes) is 1. The summed E-state index contributed by atoms with van der Waals surface area (Å²) in [5.74, 6) is 0.990. The highest BCUT2D eigenvalue weighted by molar-refractivity contribution is 5.26. The van der Waals surface area contributed by atoms with Crippen molar-refractivity contribution >= 4 is 0 Å². The van der Waals surface area contributed by atoms with E-state index in [0.717, 1.165) is 31.4 Å². The van der Waals surface area contributed by atoms with Gasteiger partial charge in [0.1, 0.15) is 5.75 Å². The molecule has 1 saturated carbocycles. The molecule has 100 valence electrons. The van der Waals surface area contributed by atoms with Gasteiger partial charge in [-0.25, -0.2) is 0 Å². The third kappa shape index (κ3) is 4.69. The Morgan fingerprint density at radius 1 is 1.11 bits per heavy atom. The molecule has 0 aliphatic heterocycles. The summed E-state index contributed by atoms with van der Waals surface area (Å²) in [7, 11) is 0. The SMILES string of the molecule is Cc1ccc(OCCCCNC2CCCC2)cc1. The molecule has 0 amide bonds. The standard InChI is InChI=1S/C16H25NO/c1-14-8-10-16(11-9-14)18-13-5-4-12-17-15-6-2-3-7-15/h8-11,15,17H,2-7,12-13H2,1H3. The lowest BCUT2D eigenvalue weighted by atomic mass is 10.2. The summed E-state index contributed by atoms with van der Waals surface area (Å²) in [4.78, 5) is 0. The summed E-state index contributed by atoms with van der Waals surface area (Å²) in [5, 5.41) is 3.63. The number of ether oxygens (including phenoxy) is 1. The molecule has 1 aromatic rings. The van der Waals surface area contributed by atoms with Gasteiger partial charge in [-0.15, -0.1) is 0 Å². The van der Waals surface area contributed by atoms with Crippen LogP contribution >= 0.6 is 0 Å². The van der Waals surface area contributed by atoms with Crippen LogP contribution in [0.3, 0.4) is 0 Å². The van der Waals surface area contributed by atoms with Crippen LogP contribution in [0.25, 0.3) is 0 Å². The van der Waals surface area contributed by atoms with E-state index in [1.165, 1.54) is 37.7 Å². The first-order valence-corrected chi connectivity index (χ1v) is 7.27. The van der Waals surface area contributed by atoms with Crippen molar-refractivity contribution in [2.24, 2.45) is 0 Å². The first-order valence-electron chi connectivity index (χ1n) is 7.27. The van der Waals surface area contributed by atoms with Crippen LogP contribution in [0.1, 0.15) is 44.1 Å². The highest BCUT2D eigenvalue weighted by atomic mass is 16.5. The van der Waals surface area contributed by atoms with Crippen molar-refractivity contribution in [2.45, 2.75) is 51.5 Å². The lowest BCUT2D eigenvalue weighted by molar-refractivity contribution is 0.304. The third-order valence-electron chi connectivity index (χ3n) is 3.65. The zero-order valence-corrected chi connectivity index (χ0v) is 11.5. The van der Waals surface area contributed by atoms with Crippen LogP contribution in [0.5, 0.6) is 5.75 Å². The van der Waals surface area contributed by atoms with E-state index in [4.69, 9.17) is 4.74 Å². The Morgan fingerprint density at radius 3 is 2.56 bits per heavy atom. The predicted octanol–water partition coefficient (Wildman–Crippen LogP) is 3.69. The van der Waals surface area contributed by atoms with E-state index >= 15 is 0 Å². The third-order valence-corrected chi connectivity index (χ3v) is 3.65. The van der Waals surface area contributed by atoms with Gasteiger partial charge < -0.3 is 10.1 Å². The Balaban J connectivity index is 1.49. The normalized spacial score (nSPS) is 16.1. The van der Waals surface area contributed by atoms with Crippen molar-refractivity contribution in [2.75, 3.05) is 13.2 Å². The molecule has 1 aliphatic rings. The van der Waals surface area contributed by atoms with Gasteiger partial charge in [-0.05, 0) is 51.3 Å². The van der Waals surface area contributed by atoms with E-state index in [1.54, 1.807) is 0 Å². The van der Waals surface area contributed by atoms with E-state index in [1.807, 2.05) is 12.1 Å². The lowest BCUT2D eigenvalue weighted by Gasteiger charge is -2.11. The van der Waals surface area contributed by atoms with Crippen LogP contribution in [-0.2, 0) is 0 Å². The van der Waals surface area contributed by atoms with E-state index in [0.29, 0.717) is 0 Å². The molecule has 18 heavy (non-hydrogen) atoms. The molecule has 2 heteroatoms. The molecule has 2 nitrogen and oxygen atoms in total. The van der Waals surface area contributed by atoms with Gasteiger partial charge in [0.25, 0.3) is 0 Å². The molecular weight excluding hydrogens is 222 g/mol. The van der Waals surface area contributed by atoms with Gasteiger partial charge in [0.05, 0.1) is 6.61 Å². The maximum Gasteiger partial charge on any atom is 0.119 e. The topological polar surface area (TPSA) is 21.3 Å². The van der Waals surface area contributed by atoms with E-state index in [2.05, 4.69) is 24.4 Å². The van der Waals surface area contributed by atoms with Crippen LogP contribution < -0.4 is 10.1 Å². The molecule has 2 rings (SSSR count). The van der Waals surface area contributed by atoms with Gasteiger partial charge in [-0.1, -0.05) is 30.5 Å². The summed E-state index contributed by atoms with van der Waals surface area (Å²) in [6.07, 6.45) is 7.91. The molecule has 1 aromatic carbocycles. The van der Waals surface area contributed by atoms with Crippen molar-refractivity contribution in [3.8, 4) is 5.75 Å². The average Bonchev–Trinajstić information content (AvgIpc) is 2.89. The minimum atomic E-state index is 0.794. The first kappa shape index (κ1) is 13.4. The molecule has 1 aliphatic carbocycles. The summed E-state index contributed by atoms with van der Waals surface area (Å²) in [6.45, 7) is 4.07. The Morgan fingerprint density at radius 2 is 1.83 bits per heavy atom. The minimum absolute atomic E-state index is 0.794. The molecular formula is C16H25NO. The number of hydrogen-bond donors (Lipinski definition) is 1. The molecule has 0 heterocycles. The molecule has 0 radical (unpaired) electrons. The molecule has 0 aromatic heterocycles. The van der Waals surface area contributed by atoms with E-state index < -0.39 is 0 Å². The second-order valence-corrected chi connectivity index (χ2v) is 5.30. The number of nitrogens with one attached hydrogen (secondary N) is 1. The smallest absolute Gasteiger partial charge is 0.119 e. The summed E-state index contributed by atoms with van der Waals surface area (Å²) in [5.41, 5.74) is 1.28. The largest absolute Gasteiger partial charge is 0.494 e. The van der Waals surface area contributed by atoms with Gasteiger partial charge in [0.2, 0.25) is 0 Å². The highest BCUT2D eigenvalue weighted by Gasteiger charge is 2.12. The van der Waals surface area contributed by atoms with Gasteiger partial charge in [0, 0.05) is 6.04 Å². The average molecular weight is 247 g/mol. The molecule has 0 unspecified atom stereocenters. The Bertz CT molecular complexity index is 327. The van der Waals surface area contributed by atoms with Crippen LogP contribution in [0, 0.1) is 6.92 Å². The lowest BCUT2D eigenvalue weighted by Crippen LogP contribution is -2.27. The zero-order chi connectivity index (χ0) is 12.6. The summed E-state index contributed by atoms with van der Waals surface area (Å²) >= 11 is 0. The van der Waals surface area contributed by atoms with Crippen molar-refractivity contribution in [1.82, 2.24) is 5.32 Å². The van der Waals surface area contributed by atoms with Crippen LogP contribution in [0.2, 0.25) is 0 Å². The second-order valence-electron chi connectivity index (χ2n) is 5.30. The van der Waals surface area contributed by atoms with Gasteiger partial charge in [0.15, 0.2) is 0 Å². The quantitative estimate of drug-likeness (QED) is 0.742. The first-order chi connectivity index (χ1) is 8.84. The molecule has 0 spiro atoms. The van der Waals surface area contributed by atoms with Crippen LogP contribution in [0.15, 0.2) is 24.3 Å². The van der Waals surface area contributed by atoms with Crippen LogP contribution in [-0.4, -0.2) is 19.2 Å². The Hall–Kier alpha value is -1.02. The van der Waals surface area contributed by atoms with E-state index in [-0.39, 0.29) is 0 Å². The molecule has 1 fully saturated rings. The Labute approximate surface area is 111 Å². The fourth-order valence-electron chi connectivity index (χ4n) is 2.49. The van der Waals surface area contributed by atoms with Gasteiger partial charge >= 0.3 is 0 Å². The van der Waals surface area contributed by atoms with E-state index in [9.17, 15) is 0 Å². The predicted molar refractivity (Wildman–Crippen MR) is 76.2 cm³/mol. The molecule has 0 bridgehead atoms. The van der Waals surface area contributed by atoms with Crippen LogP contribution in [0.4, 0.5) is 0 Å². The number of hydrogen-bond acceptors (Lipinski definition) is 2. The fourth-order valence-corrected chi connectivity index (χ4v) is 2.49. The fraction of sp³-hybridized carbons (Fsp3) is 0.625. The van der Waals surface area contributed by atoms with Crippen molar-refractivity contribution in [1.29, 1.82) is 0 Å².